The van der Waals surface area contributed by atoms with E-state index in [1.165, 1.54) is 19.3 Å². The van der Waals surface area contributed by atoms with E-state index in [1.807, 2.05) is 0 Å². The van der Waals surface area contributed by atoms with E-state index in [0.29, 0.717) is 12.8 Å². The van der Waals surface area contributed by atoms with Crippen molar-refractivity contribution in [3.8, 4) is 0 Å². The molecule has 1 N–H and O–H groups in total. The van der Waals surface area contributed by atoms with E-state index in [4.69, 9.17) is 4.74 Å². The van der Waals surface area contributed by atoms with Crippen LogP contribution in [0.3, 0.4) is 0 Å². The highest BCUT2D eigenvalue weighted by molar-refractivity contribution is 5.69. The quantitative estimate of drug-likeness (QED) is 0.507. The molecule has 0 heterocycles. The van der Waals surface area contributed by atoms with E-state index in [1.54, 1.807) is 0 Å². The van der Waals surface area contributed by atoms with Gasteiger partial charge in [0.1, 0.15) is 6.61 Å². The molecule has 0 amide bonds. The van der Waals surface area contributed by atoms with Crippen LogP contribution in [0.2, 0.25) is 0 Å². The molecule has 3 heteroatoms. The van der Waals surface area contributed by atoms with Gasteiger partial charge in [0.15, 0.2) is 0 Å². The van der Waals surface area contributed by atoms with Crippen LogP contribution in [0, 0.1) is 5.41 Å². The van der Waals surface area contributed by atoms with Crippen LogP contribution in [0.25, 0.3) is 0 Å². The van der Waals surface area contributed by atoms with Crippen molar-refractivity contribution in [1.82, 2.24) is 0 Å². The third-order valence-electron chi connectivity index (χ3n) is 2.77. The summed E-state index contributed by atoms with van der Waals surface area (Å²) in [6, 6.07) is 0. The molecule has 0 rings (SSSR count). The molecular formula is C15H30O3. The van der Waals surface area contributed by atoms with Crippen LogP contribution in [0.5, 0.6) is 0 Å². The number of carbonyl (C=O) groups excluding carboxylic acids is 1. The third kappa shape index (κ3) is 11.9. The molecule has 108 valence electrons. The lowest BCUT2D eigenvalue weighted by Gasteiger charge is -2.22. The molecule has 0 aromatic carbocycles. The molecule has 0 fully saturated rings. The van der Waals surface area contributed by atoms with Gasteiger partial charge in [0.05, 0.1) is 6.10 Å². The van der Waals surface area contributed by atoms with Crippen molar-refractivity contribution >= 4 is 5.97 Å². The Morgan fingerprint density at radius 3 is 2.33 bits per heavy atom. The molecular weight excluding hydrogens is 228 g/mol. The van der Waals surface area contributed by atoms with Crippen LogP contribution >= 0.6 is 0 Å². The lowest BCUT2D eigenvalue weighted by Crippen LogP contribution is -2.24. The first-order valence-corrected chi connectivity index (χ1v) is 7.19. The Bertz CT molecular complexity index is 218. The Kier molecular flexibility index (Phi) is 9.08. The zero-order valence-corrected chi connectivity index (χ0v) is 12.5. The Hall–Kier alpha value is -0.570. The predicted molar refractivity (Wildman–Crippen MR) is 74.4 cm³/mol. The number of aliphatic hydroxyl groups excluding tert-OH is 1. The molecule has 0 aromatic rings. The van der Waals surface area contributed by atoms with Gasteiger partial charge in [-0.1, -0.05) is 53.4 Å². The van der Waals surface area contributed by atoms with Crippen molar-refractivity contribution in [2.75, 3.05) is 6.61 Å². The zero-order chi connectivity index (χ0) is 14.0. The summed E-state index contributed by atoms with van der Waals surface area (Å²) in [6.07, 6.45) is 6.21. The van der Waals surface area contributed by atoms with Crippen molar-refractivity contribution in [1.29, 1.82) is 0 Å². The lowest BCUT2D eigenvalue weighted by atomic mass is 9.89. The number of aliphatic hydroxyl groups is 1. The Morgan fingerprint density at radius 2 is 1.78 bits per heavy atom. The third-order valence-corrected chi connectivity index (χ3v) is 2.77. The molecule has 0 spiro atoms. The number of hydrogen-bond donors (Lipinski definition) is 1. The van der Waals surface area contributed by atoms with Crippen molar-refractivity contribution < 1.29 is 14.6 Å². The molecule has 0 aromatic heterocycles. The van der Waals surface area contributed by atoms with Gasteiger partial charge in [-0.05, 0) is 18.3 Å². The van der Waals surface area contributed by atoms with Gasteiger partial charge in [0, 0.05) is 6.42 Å². The zero-order valence-electron chi connectivity index (χ0n) is 12.5. The molecule has 1 unspecified atom stereocenters. The largest absolute Gasteiger partial charge is 0.463 e. The Morgan fingerprint density at radius 1 is 1.17 bits per heavy atom. The highest BCUT2D eigenvalue weighted by Gasteiger charge is 2.17. The topological polar surface area (TPSA) is 46.5 Å². The minimum atomic E-state index is -0.547. The fourth-order valence-corrected chi connectivity index (χ4v) is 1.90. The van der Waals surface area contributed by atoms with Crippen LogP contribution in [0.1, 0.15) is 72.6 Å². The number of ether oxygens (including phenoxy) is 1. The van der Waals surface area contributed by atoms with Gasteiger partial charge in [-0.15, -0.1) is 0 Å². The number of unbranched alkanes of at least 4 members (excludes halogenated alkanes) is 4. The van der Waals surface area contributed by atoms with Gasteiger partial charge >= 0.3 is 5.97 Å². The van der Waals surface area contributed by atoms with Gasteiger partial charge in [-0.3, -0.25) is 4.79 Å². The molecule has 18 heavy (non-hydrogen) atoms. The molecule has 0 saturated heterocycles. The summed E-state index contributed by atoms with van der Waals surface area (Å²) < 4.78 is 5.07. The van der Waals surface area contributed by atoms with E-state index in [-0.39, 0.29) is 18.0 Å². The second-order valence-electron chi connectivity index (χ2n) is 6.27. The normalized spacial score (nSPS) is 13.4. The van der Waals surface area contributed by atoms with Crippen molar-refractivity contribution in [2.24, 2.45) is 5.41 Å². The fraction of sp³-hybridized carbons (Fsp3) is 0.933. The minimum absolute atomic E-state index is 0.0615. The highest BCUT2D eigenvalue weighted by Crippen LogP contribution is 2.20. The number of carbonyl (C=O) groups is 1. The van der Waals surface area contributed by atoms with Gasteiger partial charge in [0.25, 0.3) is 0 Å². The Balaban J connectivity index is 3.52. The molecule has 0 aliphatic heterocycles. The number of esters is 1. The fourth-order valence-electron chi connectivity index (χ4n) is 1.90. The molecule has 0 aliphatic rings. The summed E-state index contributed by atoms with van der Waals surface area (Å²) in [5, 5.41) is 9.70. The number of hydrogen-bond acceptors (Lipinski definition) is 3. The summed E-state index contributed by atoms with van der Waals surface area (Å²) in [4.78, 5) is 11.4. The lowest BCUT2D eigenvalue weighted by molar-refractivity contribution is -0.147. The maximum absolute atomic E-state index is 11.4. The minimum Gasteiger partial charge on any atom is -0.463 e. The molecule has 0 saturated carbocycles. The number of rotatable bonds is 9. The molecule has 3 nitrogen and oxygen atoms in total. The van der Waals surface area contributed by atoms with Gasteiger partial charge in [0.2, 0.25) is 0 Å². The van der Waals surface area contributed by atoms with Crippen LogP contribution in [0.4, 0.5) is 0 Å². The Labute approximate surface area is 112 Å². The maximum atomic E-state index is 11.4. The second kappa shape index (κ2) is 9.37. The first kappa shape index (κ1) is 17.4. The maximum Gasteiger partial charge on any atom is 0.305 e. The van der Waals surface area contributed by atoms with Crippen molar-refractivity contribution in [3.63, 3.8) is 0 Å². The first-order chi connectivity index (χ1) is 8.35. The van der Waals surface area contributed by atoms with E-state index in [2.05, 4.69) is 27.7 Å². The van der Waals surface area contributed by atoms with Gasteiger partial charge in [-0.2, -0.15) is 0 Å². The standard InChI is InChI=1S/C15H30O3/c1-5-6-7-8-9-10-14(17)18-12-13(16)11-15(2,3)4/h13,16H,5-12H2,1-4H3. The summed E-state index contributed by atoms with van der Waals surface area (Å²) >= 11 is 0. The van der Waals surface area contributed by atoms with Gasteiger partial charge < -0.3 is 9.84 Å². The van der Waals surface area contributed by atoms with Crippen molar-refractivity contribution in [3.05, 3.63) is 0 Å². The van der Waals surface area contributed by atoms with Crippen LogP contribution < -0.4 is 0 Å². The first-order valence-electron chi connectivity index (χ1n) is 7.19. The summed E-state index contributed by atoms with van der Waals surface area (Å²) in [5.74, 6) is -0.181. The SMILES string of the molecule is CCCCCCCC(=O)OCC(O)CC(C)(C)C. The van der Waals surface area contributed by atoms with Crippen molar-refractivity contribution in [2.45, 2.75) is 78.7 Å². The molecule has 0 aliphatic carbocycles. The highest BCUT2D eigenvalue weighted by atomic mass is 16.5. The average molecular weight is 258 g/mol. The molecule has 1 atom stereocenters. The molecule has 0 bridgehead atoms. The summed E-state index contributed by atoms with van der Waals surface area (Å²) in [6.45, 7) is 8.49. The van der Waals surface area contributed by atoms with Crippen LogP contribution in [-0.2, 0) is 9.53 Å². The summed E-state index contributed by atoms with van der Waals surface area (Å²) in [7, 11) is 0. The van der Waals surface area contributed by atoms with Crippen LogP contribution in [-0.4, -0.2) is 23.8 Å². The van der Waals surface area contributed by atoms with E-state index in [0.717, 1.165) is 12.8 Å². The predicted octanol–water partition coefficient (Wildman–Crippen LogP) is 3.69. The average Bonchev–Trinajstić information content (AvgIpc) is 2.24. The van der Waals surface area contributed by atoms with E-state index in [9.17, 15) is 9.90 Å². The summed E-state index contributed by atoms with van der Waals surface area (Å²) in [5.41, 5.74) is 0.0615. The van der Waals surface area contributed by atoms with E-state index < -0.39 is 6.10 Å². The van der Waals surface area contributed by atoms with Gasteiger partial charge in [-0.25, -0.2) is 0 Å². The van der Waals surface area contributed by atoms with Crippen LogP contribution in [0.15, 0.2) is 0 Å². The van der Waals surface area contributed by atoms with E-state index >= 15 is 0 Å². The smallest absolute Gasteiger partial charge is 0.305 e. The monoisotopic (exact) mass is 258 g/mol. The second-order valence-corrected chi connectivity index (χ2v) is 6.27. The molecule has 0 radical (unpaired) electrons.